The Morgan fingerprint density at radius 3 is 2.68 bits per heavy atom. The van der Waals surface area contributed by atoms with Gasteiger partial charge in [0.1, 0.15) is 5.82 Å². The fourth-order valence-corrected chi connectivity index (χ4v) is 5.21. The van der Waals surface area contributed by atoms with E-state index in [2.05, 4.69) is 38.4 Å². The number of aryl methyl sites for hydroxylation is 1. The van der Waals surface area contributed by atoms with Crippen molar-refractivity contribution in [2.75, 3.05) is 12.4 Å². The van der Waals surface area contributed by atoms with Crippen molar-refractivity contribution >= 4 is 17.5 Å². The molecule has 1 atom stereocenters. The Balaban J connectivity index is 1.33. The van der Waals surface area contributed by atoms with E-state index in [1.54, 1.807) is 0 Å². The number of thioether (sulfide) groups is 1. The standard InChI is InChI=1S/C24H28N4O2S/c1-16-13-21(17(2)27(16)14-20-9-6-12-30-20)22(29)15-31-24-26-25-23(18-10-11-18)28(24)19-7-4-3-5-8-19/h3-5,7-8,13,18,20H,6,9-12,14-15H2,1-2H3. The van der Waals surface area contributed by atoms with Crippen LogP contribution in [0, 0.1) is 13.8 Å². The molecule has 6 nitrogen and oxygen atoms in total. The van der Waals surface area contributed by atoms with E-state index in [-0.39, 0.29) is 11.9 Å². The number of benzene rings is 1. The van der Waals surface area contributed by atoms with Gasteiger partial charge in [0.15, 0.2) is 10.9 Å². The van der Waals surface area contributed by atoms with Crippen molar-refractivity contribution in [2.24, 2.45) is 0 Å². The number of carbonyl (C=O) groups excluding carboxylic acids is 1. The molecule has 3 heterocycles. The molecular weight excluding hydrogens is 408 g/mol. The first-order valence-electron chi connectivity index (χ1n) is 11.1. The lowest BCUT2D eigenvalue weighted by Gasteiger charge is -2.14. The summed E-state index contributed by atoms with van der Waals surface area (Å²) in [4.78, 5) is 13.1. The molecule has 2 aromatic heterocycles. The predicted molar refractivity (Wildman–Crippen MR) is 121 cm³/mol. The molecule has 0 bridgehead atoms. The van der Waals surface area contributed by atoms with Crippen LogP contribution in [0.25, 0.3) is 5.69 Å². The number of hydrogen-bond donors (Lipinski definition) is 0. The van der Waals surface area contributed by atoms with Crippen molar-refractivity contribution in [1.82, 2.24) is 19.3 Å². The number of aromatic nitrogens is 4. The van der Waals surface area contributed by atoms with Crippen LogP contribution in [0.4, 0.5) is 0 Å². The van der Waals surface area contributed by atoms with Crippen molar-refractivity contribution in [2.45, 2.75) is 63.3 Å². The second kappa shape index (κ2) is 8.63. The Morgan fingerprint density at radius 1 is 1.16 bits per heavy atom. The van der Waals surface area contributed by atoms with Crippen LogP contribution < -0.4 is 0 Å². The van der Waals surface area contributed by atoms with E-state index in [0.29, 0.717) is 11.7 Å². The molecule has 162 valence electrons. The highest BCUT2D eigenvalue weighted by molar-refractivity contribution is 7.99. The topological polar surface area (TPSA) is 61.9 Å². The summed E-state index contributed by atoms with van der Waals surface area (Å²) in [6.45, 7) is 5.78. The second-order valence-electron chi connectivity index (χ2n) is 8.53. The molecule has 5 rings (SSSR count). The monoisotopic (exact) mass is 436 g/mol. The molecule has 1 saturated heterocycles. The van der Waals surface area contributed by atoms with Crippen LogP contribution in [0.15, 0.2) is 41.6 Å². The number of nitrogens with zero attached hydrogens (tertiary/aromatic N) is 4. The number of para-hydroxylation sites is 1. The van der Waals surface area contributed by atoms with E-state index in [1.165, 1.54) is 11.8 Å². The third-order valence-corrected chi connectivity index (χ3v) is 7.16. The number of hydrogen-bond acceptors (Lipinski definition) is 5. The number of Topliss-reactive ketones (excluding diaryl/α,β-unsaturated/α-hetero) is 1. The first kappa shape index (κ1) is 20.5. The van der Waals surface area contributed by atoms with E-state index < -0.39 is 0 Å². The quantitative estimate of drug-likeness (QED) is 0.378. The predicted octanol–water partition coefficient (Wildman–Crippen LogP) is 4.72. The van der Waals surface area contributed by atoms with Gasteiger partial charge >= 0.3 is 0 Å². The molecule has 2 aliphatic rings. The molecule has 1 aliphatic carbocycles. The van der Waals surface area contributed by atoms with Crippen molar-refractivity contribution in [3.8, 4) is 5.69 Å². The lowest BCUT2D eigenvalue weighted by molar-refractivity contribution is 0.0957. The van der Waals surface area contributed by atoms with Gasteiger partial charge in [-0.1, -0.05) is 30.0 Å². The Kier molecular flexibility index (Phi) is 5.71. The third kappa shape index (κ3) is 4.21. The molecular formula is C24H28N4O2S. The molecule has 0 amide bonds. The fourth-order valence-electron chi connectivity index (χ4n) is 4.36. The maximum Gasteiger partial charge on any atom is 0.196 e. The van der Waals surface area contributed by atoms with E-state index in [1.807, 2.05) is 31.2 Å². The molecule has 0 radical (unpaired) electrons. The van der Waals surface area contributed by atoms with Crippen LogP contribution in [-0.2, 0) is 11.3 Å². The number of ketones is 1. The zero-order valence-electron chi connectivity index (χ0n) is 18.1. The van der Waals surface area contributed by atoms with Crippen molar-refractivity contribution in [3.63, 3.8) is 0 Å². The molecule has 31 heavy (non-hydrogen) atoms. The van der Waals surface area contributed by atoms with Crippen LogP contribution in [-0.4, -0.2) is 43.6 Å². The fraction of sp³-hybridized carbons (Fsp3) is 0.458. The summed E-state index contributed by atoms with van der Waals surface area (Å²) >= 11 is 1.47. The van der Waals surface area contributed by atoms with Gasteiger partial charge in [-0.3, -0.25) is 9.36 Å². The molecule has 3 aromatic rings. The summed E-state index contributed by atoms with van der Waals surface area (Å²) in [6, 6.07) is 12.2. The molecule has 1 saturated carbocycles. The van der Waals surface area contributed by atoms with Gasteiger partial charge in [0.2, 0.25) is 0 Å². The zero-order valence-corrected chi connectivity index (χ0v) is 18.9. The van der Waals surface area contributed by atoms with Crippen LogP contribution in [0.5, 0.6) is 0 Å². The minimum atomic E-state index is 0.132. The SMILES string of the molecule is Cc1cc(C(=O)CSc2nnc(C3CC3)n2-c2ccccc2)c(C)n1CC1CCCO1. The van der Waals surface area contributed by atoms with Crippen molar-refractivity contribution < 1.29 is 9.53 Å². The molecule has 2 fully saturated rings. The van der Waals surface area contributed by atoms with Gasteiger partial charge in [0.25, 0.3) is 0 Å². The van der Waals surface area contributed by atoms with E-state index >= 15 is 0 Å². The smallest absolute Gasteiger partial charge is 0.196 e. The maximum atomic E-state index is 13.1. The Morgan fingerprint density at radius 2 is 1.97 bits per heavy atom. The zero-order chi connectivity index (χ0) is 21.4. The van der Waals surface area contributed by atoms with Gasteiger partial charge in [-0.05, 0) is 57.7 Å². The number of carbonyl (C=O) groups is 1. The van der Waals surface area contributed by atoms with E-state index in [0.717, 1.165) is 72.5 Å². The minimum Gasteiger partial charge on any atom is -0.376 e. The van der Waals surface area contributed by atoms with Crippen molar-refractivity contribution in [3.05, 3.63) is 59.2 Å². The molecule has 0 N–H and O–H groups in total. The first-order valence-corrected chi connectivity index (χ1v) is 12.1. The Labute approximate surface area is 187 Å². The first-order chi connectivity index (χ1) is 15.1. The summed E-state index contributed by atoms with van der Waals surface area (Å²) in [5, 5.41) is 9.68. The normalized spacial score (nSPS) is 18.6. The van der Waals surface area contributed by atoms with E-state index in [4.69, 9.17) is 4.74 Å². The number of rotatable bonds is 8. The Bertz CT molecular complexity index is 1080. The number of ether oxygens (including phenoxy) is 1. The van der Waals surface area contributed by atoms with Crippen molar-refractivity contribution in [1.29, 1.82) is 0 Å². The molecule has 0 spiro atoms. The average Bonchev–Trinajstić information content (AvgIpc) is 3.21. The third-order valence-electron chi connectivity index (χ3n) is 6.23. The van der Waals surface area contributed by atoms with Gasteiger partial charge in [-0.2, -0.15) is 0 Å². The molecule has 7 heteroatoms. The summed E-state index contributed by atoms with van der Waals surface area (Å²) in [6.07, 6.45) is 4.79. The average molecular weight is 437 g/mol. The maximum absolute atomic E-state index is 13.1. The minimum absolute atomic E-state index is 0.132. The van der Waals surface area contributed by atoms with E-state index in [9.17, 15) is 4.79 Å². The highest BCUT2D eigenvalue weighted by Crippen LogP contribution is 2.41. The van der Waals surface area contributed by atoms with Crippen LogP contribution >= 0.6 is 11.8 Å². The van der Waals surface area contributed by atoms with Gasteiger partial charge < -0.3 is 9.30 Å². The lowest BCUT2D eigenvalue weighted by Crippen LogP contribution is -2.17. The summed E-state index contributed by atoms with van der Waals surface area (Å²) in [7, 11) is 0. The highest BCUT2D eigenvalue weighted by atomic mass is 32.2. The molecule has 1 unspecified atom stereocenters. The second-order valence-corrected chi connectivity index (χ2v) is 9.47. The van der Waals surface area contributed by atoms with Crippen LogP contribution in [0.2, 0.25) is 0 Å². The lowest BCUT2D eigenvalue weighted by atomic mass is 10.2. The van der Waals surface area contributed by atoms with Gasteiger partial charge in [0, 0.05) is 41.7 Å². The largest absolute Gasteiger partial charge is 0.376 e. The summed E-state index contributed by atoms with van der Waals surface area (Å²) < 4.78 is 10.1. The van der Waals surface area contributed by atoms with Crippen LogP contribution in [0.3, 0.4) is 0 Å². The van der Waals surface area contributed by atoms with Gasteiger partial charge in [-0.25, -0.2) is 0 Å². The molecule has 1 aliphatic heterocycles. The summed E-state index contributed by atoms with van der Waals surface area (Å²) in [5.41, 5.74) is 4.00. The highest BCUT2D eigenvalue weighted by Gasteiger charge is 2.31. The van der Waals surface area contributed by atoms with Gasteiger partial charge in [-0.15, -0.1) is 10.2 Å². The van der Waals surface area contributed by atoms with Crippen LogP contribution in [0.1, 0.15) is 59.2 Å². The molecule has 1 aromatic carbocycles. The van der Waals surface area contributed by atoms with Gasteiger partial charge in [0.05, 0.1) is 11.9 Å². The summed E-state index contributed by atoms with van der Waals surface area (Å²) in [5.74, 6) is 1.97. The Hall–Kier alpha value is -2.38.